The van der Waals surface area contributed by atoms with Crippen molar-refractivity contribution in [2.45, 2.75) is 75.6 Å². The average molecular weight is 195 g/mol. The molecule has 14 heavy (non-hydrogen) atoms. The van der Waals surface area contributed by atoms with Crippen molar-refractivity contribution >= 4 is 0 Å². The van der Waals surface area contributed by atoms with Gasteiger partial charge in [0.05, 0.1) is 6.10 Å². The van der Waals surface area contributed by atoms with Gasteiger partial charge in [-0.05, 0) is 44.9 Å². The molecule has 2 nitrogen and oxygen atoms in total. The van der Waals surface area contributed by atoms with E-state index in [0.717, 1.165) is 18.5 Å². The van der Waals surface area contributed by atoms with Gasteiger partial charge < -0.3 is 5.11 Å². The third kappa shape index (κ3) is 1.31. The van der Waals surface area contributed by atoms with Crippen LogP contribution in [0, 0.1) is 0 Å². The standard InChI is InChI=1S/C12H21NO/c14-12-6-2-5-11(12)13-9-3-1-4-10(13)8-7-9/h9-12,14H,1-8H2. The Labute approximate surface area is 86.3 Å². The lowest BCUT2D eigenvalue weighted by molar-refractivity contribution is 0.0195. The molecule has 2 saturated heterocycles. The lowest BCUT2D eigenvalue weighted by atomic mass is 9.99. The Balaban J connectivity index is 1.77. The summed E-state index contributed by atoms with van der Waals surface area (Å²) in [5, 5.41) is 9.96. The monoisotopic (exact) mass is 195 g/mol. The molecule has 0 amide bonds. The van der Waals surface area contributed by atoms with Crippen LogP contribution in [0.1, 0.15) is 51.4 Å². The third-order valence-corrected chi connectivity index (χ3v) is 4.58. The van der Waals surface area contributed by atoms with Gasteiger partial charge in [-0.3, -0.25) is 4.90 Å². The van der Waals surface area contributed by atoms with Crippen LogP contribution >= 0.6 is 0 Å². The van der Waals surface area contributed by atoms with Crippen molar-refractivity contribution in [3.05, 3.63) is 0 Å². The lowest BCUT2D eigenvalue weighted by Crippen LogP contribution is -2.49. The fraction of sp³-hybridized carbons (Fsp3) is 1.00. The topological polar surface area (TPSA) is 23.5 Å². The van der Waals surface area contributed by atoms with Gasteiger partial charge in [0.1, 0.15) is 0 Å². The summed E-state index contributed by atoms with van der Waals surface area (Å²) in [5.41, 5.74) is 0. The summed E-state index contributed by atoms with van der Waals surface area (Å²) in [5.74, 6) is 0. The number of rotatable bonds is 1. The number of aliphatic hydroxyl groups is 1. The molecule has 0 spiro atoms. The summed E-state index contributed by atoms with van der Waals surface area (Å²) < 4.78 is 0. The molecule has 1 N–H and O–H groups in total. The van der Waals surface area contributed by atoms with Crippen LogP contribution in [-0.2, 0) is 0 Å². The molecule has 4 atom stereocenters. The van der Waals surface area contributed by atoms with E-state index >= 15 is 0 Å². The Bertz CT molecular complexity index is 202. The highest BCUT2D eigenvalue weighted by molar-refractivity contribution is 4.98. The first kappa shape index (κ1) is 9.17. The predicted molar refractivity (Wildman–Crippen MR) is 56.1 cm³/mol. The molecule has 3 aliphatic rings. The summed E-state index contributed by atoms with van der Waals surface area (Å²) in [6.07, 6.45) is 10.5. The van der Waals surface area contributed by atoms with Crippen LogP contribution in [0.25, 0.3) is 0 Å². The third-order valence-electron chi connectivity index (χ3n) is 4.58. The summed E-state index contributed by atoms with van der Waals surface area (Å²) in [4.78, 5) is 2.70. The zero-order chi connectivity index (χ0) is 9.54. The fourth-order valence-electron chi connectivity index (χ4n) is 3.97. The second kappa shape index (κ2) is 3.49. The van der Waals surface area contributed by atoms with Gasteiger partial charge in [-0.1, -0.05) is 6.42 Å². The summed E-state index contributed by atoms with van der Waals surface area (Å²) >= 11 is 0. The molecule has 2 bridgehead atoms. The summed E-state index contributed by atoms with van der Waals surface area (Å²) in [6, 6.07) is 2.17. The SMILES string of the molecule is OC1CCCC1N1C2CCCC1CC2. The highest BCUT2D eigenvalue weighted by Gasteiger charge is 2.43. The van der Waals surface area contributed by atoms with Crippen LogP contribution in [0.5, 0.6) is 0 Å². The minimum Gasteiger partial charge on any atom is -0.391 e. The maximum absolute atomic E-state index is 9.96. The number of piperidine rings is 1. The van der Waals surface area contributed by atoms with Crippen LogP contribution in [-0.4, -0.2) is 34.2 Å². The Kier molecular flexibility index (Phi) is 2.29. The van der Waals surface area contributed by atoms with Crippen molar-refractivity contribution < 1.29 is 5.11 Å². The van der Waals surface area contributed by atoms with Gasteiger partial charge >= 0.3 is 0 Å². The Morgan fingerprint density at radius 3 is 2.00 bits per heavy atom. The minimum absolute atomic E-state index is 0.0174. The normalized spacial score (nSPS) is 48.6. The van der Waals surface area contributed by atoms with Gasteiger partial charge in [0.15, 0.2) is 0 Å². The molecular weight excluding hydrogens is 174 g/mol. The van der Waals surface area contributed by atoms with Crippen molar-refractivity contribution in [1.29, 1.82) is 0 Å². The van der Waals surface area contributed by atoms with Crippen LogP contribution in [0.3, 0.4) is 0 Å². The van der Waals surface area contributed by atoms with Crippen molar-refractivity contribution in [2.24, 2.45) is 0 Å². The molecular formula is C12H21NO. The first-order valence-electron chi connectivity index (χ1n) is 6.32. The van der Waals surface area contributed by atoms with E-state index in [0.29, 0.717) is 6.04 Å². The van der Waals surface area contributed by atoms with Gasteiger partial charge in [0, 0.05) is 18.1 Å². The highest BCUT2D eigenvalue weighted by atomic mass is 16.3. The van der Waals surface area contributed by atoms with Gasteiger partial charge in [-0.15, -0.1) is 0 Å². The first-order valence-corrected chi connectivity index (χ1v) is 6.32. The molecule has 1 saturated carbocycles. The van der Waals surface area contributed by atoms with E-state index in [-0.39, 0.29) is 6.10 Å². The molecule has 2 heteroatoms. The maximum atomic E-state index is 9.96. The van der Waals surface area contributed by atoms with Crippen molar-refractivity contribution in [1.82, 2.24) is 4.90 Å². The van der Waals surface area contributed by atoms with Crippen LogP contribution < -0.4 is 0 Å². The molecule has 0 aromatic rings. The molecule has 0 aromatic heterocycles. The molecule has 2 heterocycles. The van der Waals surface area contributed by atoms with E-state index in [2.05, 4.69) is 4.90 Å². The molecule has 3 fully saturated rings. The highest BCUT2D eigenvalue weighted by Crippen LogP contribution is 2.40. The van der Waals surface area contributed by atoms with E-state index in [4.69, 9.17) is 0 Å². The largest absolute Gasteiger partial charge is 0.391 e. The van der Waals surface area contributed by atoms with Crippen molar-refractivity contribution in [3.63, 3.8) is 0 Å². The Morgan fingerprint density at radius 1 is 0.786 bits per heavy atom. The number of hydrogen-bond acceptors (Lipinski definition) is 2. The molecule has 3 rings (SSSR count). The van der Waals surface area contributed by atoms with Crippen LogP contribution in [0.2, 0.25) is 0 Å². The van der Waals surface area contributed by atoms with E-state index in [1.54, 1.807) is 0 Å². The van der Waals surface area contributed by atoms with Gasteiger partial charge in [-0.2, -0.15) is 0 Å². The van der Waals surface area contributed by atoms with Crippen molar-refractivity contribution in [2.75, 3.05) is 0 Å². The second-order valence-electron chi connectivity index (χ2n) is 5.33. The number of aliphatic hydroxyl groups excluding tert-OH is 1. The maximum Gasteiger partial charge on any atom is 0.0695 e. The number of fused-ring (bicyclic) bond motifs is 2. The second-order valence-corrected chi connectivity index (χ2v) is 5.33. The van der Waals surface area contributed by atoms with Crippen molar-refractivity contribution in [3.8, 4) is 0 Å². The van der Waals surface area contributed by atoms with E-state index < -0.39 is 0 Å². The fourth-order valence-corrected chi connectivity index (χ4v) is 3.97. The van der Waals surface area contributed by atoms with Crippen LogP contribution in [0.15, 0.2) is 0 Å². The zero-order valence-electron chi connectivity index (χ0n) is 8.86. The van der Waals surface area contributed by atoms with E-state index in [9.17, 15) is 5.11 Å². The summed E-state index contributed by atoms with van der Waals surface area (Å²) in [6.45, 7) is 0. The molecule has 0 radical (unpaired) electrons. The molecule has 0 aromatic carbocycles. The zero-order valence-corrected chi connectivity index (χ0v) is 8.86. The molecule has 80 valence electrons. The smallest absolute Gasteiger partial charge is 0.0695 e. The minimum atomic E-state index is -0.0174. The van der Waals surface area contributed by atoms with Crippen LogP contribution in [0.4, 0.5) is 0 Å². The average Bonchev–Trinajstić information content (AvgIpc) is 2.67. The predicted octanol–water partition coefficient (Wildman–Crippen LogP) is 1.92. The molecule has 1 aliphatic carbocycles. The van der Waals surface area contributed by atoms with Gasteiger partial charge in [-0.25, -0.2) is 0 Å². The van der Waals surface area contributed by atoms with Gasteiger partial charge in [0.2, 0.25) is 0 Å². The molecule has 4 unspecified atom stereocenters. The quantitative estimate of drug-likeness (QED) is 0.691. The number of nitrogens with zero attached hydrogens (tertiary/aromatic N) is 1. The molecule has 2 aliphatic heterocycles. The Hall–Kier alpha value is -0.0800. The van der Waals surface area contributed by atoms with E-state index in [1.165, 1.54) is 44.9 Å². The summed E-state index contributed by atoms with van der Waals surface area (Å²) in [7, 11) is 0. The first-order chi connectivity index (χ1) is 6.86. The van der Waals surface area contributed by atoms with E-state index in [1.807, 2.05) is 0 Å². The lowest BCUT2D eigenvalue weighted by Gasteiger charge is -2.40. The Morgan fingerprint density at radius 2 is 1.43 bits per heavy atom. The number of hydrogen-bond donors (Lipinski definition) is 1. The van der Waals surface area contributed by atoms with Gasteiger partial charge in [0.25, 0.3) is 0 Å².